The van der Waals surface area contributed by atoms with Crippen molar-refractivity contribution in [3.63, 3.8) is 0 Å². The van der Waals surface area contributed by atoms with Gasteiger partial charge in [0, 0.05) is 17.4 Å². The van der Waals surface area contributed by atoms with Gasteiger partial charge < -0.3 is 5.32 Å². The number of benzene rings is 1. The second-order valence-corrected chi connectivity index (χ2v) is 3.79. The van der Waals surface area contributed by atoms with Crippen LogP contribution >= 0.6 is 11.6 Å². The second-order valence-electron chi connectivity index (χ2n) is 3.35. The van der Waals surface area contributed by atoms with Gasteiger partial charge in [-0.05, 0) is 17.7 Å². The third-order valence-electron chi connectivity index (χ3n) is 2.51. The van der Waals surface area contributed by atoms with Gasteiger partial charge in [0.05, 0.1) is 13.1 Å². The molecule has 12 heavy (non-hydrogen) atoms. The van der Waals surface area contributed by atoms with Gasteiger partial charge >= 0.3 is 0 Å². The highest BCUT2D eigenvalue weighted by atomic mass is 35.5. The van der Waals surface area contributed by atoms with Crippen LogP contribution in [0.2, 0.25) is 5.02 Å². The Morgan fingerprint density at radius 3 is 2.58 bits per heavy atom. The van der Waals surface area contributed by atoms with Crippen molar-refractivity contribution in [1.29, 1.82) is 0 Å². The molecule has 0 aromatic heterocycles. The van der Waals surface area contributed by atoms with Crippen LogP contribution in [-0.2, 0) is 0 Å². The van der Waals surface area contributed by atoms with Crippen LogP contribution in [0.5, 0.6) is 0 Å². The summed E-state index contributed by atoms with van der Waals surface area (Å²) >= 11 is 5.81. The summed E-state index contributed by atoms with van der Waals surface area (Å²) in [6, 6.07) is 8.25. The smallest absolute Gasteiger partial charge is 0.0827 e. The summed E-state index contributed by atoms with van der Waals surface area (Å²) in [5.41, 5.74) is 1.44. The van der Waals surface area contributed by atoms with Gasteiger partial charge in [-0.2, -0.15) is 0 Å². The molecule has 64 valence electrons. The van der Waals surface area contributed by atoms with Crippen LogP contribution in [0.25, 0.3) is 0 Å². The van der Waals surface area contributed by atoms with Crippen molar-refractivity contribution in [2.45, 2.75) is 12.3 Å². The average Bonchev–Trinajstić information content (AvgIpc) is 2.58. The van der Waals surface area contributed by atoms with Crippen LogP contribution in [0.3, 0.4) is 0 Å². The Labute approximate surface area is 77.7 Å². The number of halogens is 1. The van der Waals surface area contributed by atoms with Crippen LogP contribution in [0.15, 0.2) is 24.3 Å². The average molecular weight is 183 g/mol. The lowest BCUT2D eigenvalue weighted by molar-refractivity contribution is -0.636. The van der Waals surface area contributed by atoms with Crippen molar-refractivity contribution < 1.29 is 5.32 Å². The highest BCUT2D eigenvalue weighted by Gasteiger charge is 2.19. The van der Waals surface area contributed by atoms with Crippen LogP contribution in [-0.4, -0.2) is 13.1 Å². The van der Waals surface area contributed by atoms with E-state index in [4.69, 9.17) is 11.6 Å². The minimum absolute atomic E-state index is 0.752. The molecule has 1 aromatic carbocycles. The number of hydrogen-bond donors (Lipinski definition) is 1. The summed E-state index contributed by atoms with van der Waals surface area (Å²) in [4.78, 5) is 0. The minimum atomic E-state index is 0.752. The molecule has 1 fully saturated rings. The SMILES string of the molecule is Clc1ccc([C@H]2CC[NH2+]C2)cc1. The van der Waals surface area contributed by atoms with E-state index in [-0.39, 0.29) is 0 Å². The van der Waals surface area contributed by atoms with Crippen LogP contribution < -0.4 is 5.32 Å². The Hall–Kier alpha value is -0.530. The molecule has 1 saturated heterocycles. The molecule has 1 nitrogen and oxygen atoms in total. The summed E-state index contributed by atoms with van der Waals surface area (Å²) < 4.78 is 0. The zero-order valence-electron chi connectivity index (χ0n) is 6.96. The largest absolute Gasteiger partial charge is 0.346 e. The van der Waals surface area contributed by atoms with Crippen molar-refractivity contribution in [2.24, 2.45) is 0 Å². The minimum Gasteiger partial charge on any atom is -0.346 e. The molecule has 1 heterocycles. The van der Waals surface area contributed by atoms with Gasteiger partial charge in [-0.25, -0.2) is 0 Å². The topological polar surface area (TPSA) is 16.6 Å². The van der Waals surface area contributed by atoms with E-state index in [0.29, 0.717) is 0 Å². The van der Waals surface area contributed by atoms with Gasteiger partial charge in [0.15, 0.2) is 0 Å². The molecule has 1 aliphatic heterocycles. The summed E-state index contributed by atoms with van der Waals surface area (Å²) in [6.45, 7) is 2.51. The molecule has 2 N–H and O–H groups in total. The lowest BCUT2D eigenvalue weighted by atomic mass is 9.99. The van der Waals surface area contributed by atoms with Crippen LogP contribution in [0, 0.1) is 0 Å². The fourth-order valence-corrected chi connectivity index (χ4v) is 1.92. The van der Waals surface area contributed by atoms with Crippen molar-refractivity contribution in [2.75, 3.05) is 13.1 Å². The fourth-order valence-electron chi connectivity index (χ4n) is 1.79. The molecule has 0 spiro atoms. The van der Waals surface area contributed by atoms with E-state index in [0.717, 1.165) is 10.9 Å². The maximum atomic E-state index is 5.81. The summed E-state index contributed by atoms with van der Waals surface area (Å²) in [6.07, 6.45) is 1.31. The monoisotopic (exact) mass is 182 g/mol. The summed E-state index contributed by atoms with van der Waals surface area (Å²) in [7, 11) is 0. The molecule has 2 heteroatoms. The normalized spacial score (nSPS) is 22.9. The molecule has 1 aliphatic rings. The Bertz CT molecular complexity index is 249. The molecule has 0 radical (unpaired) electrons. The molecular weight excluding hydrogens is 170 g/mol. The zero-order valence-corrected chi connectivity index (χ0v) is 7.72. The molecular formula is C10H13ClN+. The maximum absolute atomic E-state index is 5.81. The quantitative estimate of drug-likeness (QED) is 0.676. The van der Waals surface area contributed by atoms with Crippen LogP contribution in [0.1, 0.15) is 17.9 Å². The molecule has 2 rings (SSSR count). The van der Waals surface area contributed by atoms with E-state index >= 15 is 0 Å². The van der Waals surface area contributed by atoms with Crippen molar-refractivity contribution >= 4 is 11.6 Å². The van der Waals surface area contributed by atoms with E-state index in [2.05, 4.69) is 17.4 Å². The lowest BCUT2D eigenvalue weighted by Crippen LogP contribution is -2.81. The van der Waals surface area contributed by atoms with E-state index in [1.54, 1.807) is 0 Å². The molecule has 1 aromatic rings. The first-order valence-corrected chi connectivity index (χ1v) is 4.81. The summed E-state index contributed by atoms with van der Waals surface area (Å²) in [5, 5.41) is 3.21. The molecule has 0 amide bonds. The third-order valence-corrected chi connectivity index (χ3v) is 2.76. The number of quaternary nitrogens is 1. The van der Waals surface area contributed by atoms with E-state index < -0.39 is 0 Å². The Morgan fingerprint density at radius 1 is 1.25 bits per heavy atom. The Balaban J connectivity index is 2.17. The van der Waals surface area contributed by atoms with Gasteiger partial charge in [0.1, 0.15) is 0 Å². The van der Waals surface area contributed by atoms with Gasteiger partial charge in [-0.1, -0.05) is 23.7 Å². The number of nitrogens with two attached hydrogens (primary N) is 1. The predicted octanol–water partition coefficient (Wildman–Crippen LogP) is 1.39. The number of hydrogen-bond acceptors (Lipinski definition) is 0. The van der Waals surface area contributed by atoms with Gasteiger partial charge in [0.25, 0.3) is 0 Å². The molecule has 1 atom stereocenters. The predicted molar refractivity (Wildman–Crippen MR) is 50.5 cm³/mol. The molecule has 0 saturated carbocycles. The summed E-state index contributed by atoms with van der Waals surface area (Å²) in [5.74, 6) is 0.752. The molecule has 0 aliphatic carbocycles. The zero-order chi connectivity index (χ0) is 8.39. The van der Waals surface area contributed by atoms with Gasteiger partial charge in [0.2, 0.25) is 0 Å². The third kappa shape index (κ3) is 1.62. The maximum Gasteiger partial charge on any atom is 0.0827 e. The molecule has 0 bridgehead atoms. The van der Waals surface area contributed by atoms with Crippen LogP contribution in [0.4, 0.5) is 0 Å². The second kappa shape index (κ2) is 3.46. The fraction of sp³-hybridized carbons (Fsp3) is 0.400. The first-order valence-electron chi connectivity index (χ1n) is 4.43. The standard InChI is InChI=1S/C10H12ClN/c11-10-3-1-8(2-4-10)9-5-6-12-7-9/h1-4,9,12H,5-7H2/p+1/t9-/m0/s1. The van der Waals surface area contributed by atoms with E-state index in [1.807, 2.05) is 12.1 Å². The van der Waals surface area contributed by atoms with E-state index in [9.17, 15) is 0 Å². The number of rotatable bonds is 1. The first kappa shape index (κ1) is 8.09. The van der Waals surface area contributed by atoms with Gasteiger partial charge in [-0.3, -0.25) is 0 Å². The highest BCUT2D eigenvalue weighted by Crippen LogP contribution is 2.21. The molecule has 0 unspecified atom stereocenters. The Kier molecular flexibility index (Phi) is 2.33. The highest BCUT2D eigenvalue weighted by molar-refractivity contribution is 6.30. The lowest BCUT2D eigenvalue weighted by Gasteiger charge is -2.05. The van der Waals surface area contributed by atoms with Crippen molar-refractivity contribution in [1.82, 2.24) is 0 Å². The Morgan fingerprint density at radius 2 is 2.00 bits per heavy atom. The van der Waals surface area contributed by atoms with E-state index in [1.165, 1.54) is 25.1 Å². The van der Waals surface area contributed by atoms with Crippen molar-refractivity contribution in [3.05, 3.63) is 34.9 Å². The van der Waals surface area contributed by atoms with Crippen molar-refractivity contribution in [3.8, 4) is 0 Å². The first-order chi connectivity index (χ1) is 5.86. The van der Waals surface area contributed by atoms with Gasteiger partial charge in [-0.15, -0.1) is 0 Å².